The lowest BCUT2D eigenvalue weighted by molar-refractivity contribution is 0.0644. The first-order valence-corrected chi connectivity index (χ1v) is 8.14. The molecule has 1 aromatic carbocycles. The Bertz CT molecular complexity index is 388. The maximum Gasteiger partial charge on any atom is 0.0236 e. The molecule has 1 fully saturated rings. The molecule has 20 heavy (non-hydrogen) atoms. The predicted molar refractivity (Wildman–Crippen MR) is 87.0 cm³/mol. The fourth-order valence-electron chi connectivity index (χ4n) is 3.54. The third-order valence-electron chi connectivity index (χ3n) is 4.64. The second-order valence-corrected chi connectivity index (χ2v) is 6.56. The van der Waals surface area contributed by atoms with Crippen molar-refractivity contribution < 1.29 is 0 Å². The largest absolute Gasteiger partial charge is 0.311 e. The van der Waals surface area contributed by atoms with Crippen LogP contribution in [0.4, 0.5) is 0 Å². The zero-order chi connectivity index (χ0) is 14.5. The van der Waals surface area contributed by atoms with Gasteiger partial charge in [0.15, 0.2) is 0 Å². The van der Waals surface area contributed by atoms with Gasteiger partial charge < -0.3 is 5.32 Å². The summed E-state index contributed by atoms with van der Waals surface area (Å²) < 4.78 is 0. The van der Waals surface area contributed by atoms with Crippen molar-refractivity contribution >= 4 is 0 Å². The van der Waals surface area contributed by atoms with Crippen molar-refractivity contribution in [2.75, 3.05) is 13.1 Å². The van der Waals surface area contributed by atoms with Crippen molar-refractivity contribution in [3.63, 3.8) is 0 Å². The molecule has 2 heteroatoms. The van der Waals surface area contributed by atoms with Gasteiger partial charge in [0.05, 0.1) is 0 Å². The van der Waals surface area contributed by atoms with Crippen LogP contribution < -0.4 is 5.32 Å². The Balaban J connectivity index is 2.00. The van der Waals surface area contributed by atoms with Crippen molar-refractivity contribution in [2.24, 2.45) is 5.92 Å². The molecule has 1 heterocycles. The SMILES string of the molecule is CCC(C(C)C)N1CC(Cc2ccccc2)NCC1C. The summed E-state index contributed by atoms with van der Waals surface area (Å²) in [6.45, 7) is 11.7. The van der Waals surface area contributed by atoms with Gasteiger partial charge in [0, 0.05) is 31.2 Å². The van der Waals surface area contributed by atoms with Crippen LogP contribution in [0.15, 0.2) is 30.3 Å². The molecule has 1 aliphatic rings. The summed E-state index contributed by atoms with van der Waals surface area (Å²) in [6, 6.07) is 12.8. The summed E-state index contributed by atoms with van der Waals surface area (Å²) in [5, 5.41) is 3.72. The Morgan fingerprint density at radius 3 is 2.55 bits per heavy atom. The highest BCUT2D eigenvalue weighted by atomic mass is 15.3. The maximum absolute atomic E-state index is 3.72. The fraction of sp³-hybridized carbons (Fsp3) is 0.667. The van der Waals surface area contributed by atoms with E-state index in [9.17, 15) is 0 Å². The third-order valence-corrected chi connectivity index (χ3v) is 4.64. The molecule has 0 bridgehead atoms. The van der Waals surface area contributed by atoms with Crippen LogP contribution in [0.25, 0.3) is 0 Å². The van der Waals surface area contributed by atoms with E-state index in [1.54, 1.807) is 0 Å². The van der Waals surface area contributed by atoms with Gasteiger partial charge in [-0.15, -0.1) is 0 Å². The van der Waals surface area contributed by atoms with Crippen LogP contribution in [0.1, 0.15) is 39.7 Å². The maximum atomic E-state index is 3.72. The van der Waals surface area contributed by atoms with Gasteiger partial charge in [-0.3, -0.25) is 4.90 Å². The first-order chi connectivity index (χ1) is 9.61. The Labute approximate surface area is 124 Å². The van der Waals surface area contributed by atoms with E-state index in [-0.39, 0.29) is 0 Å². The lowest BCUT2D eigenvalue weighted by Gasteiger charge is -2.45. The number of benzene rings is 1. The Hall–Kier alpha value is -0.860. The molecule has 0 radical (unpaired) electrons. The van der Waals surface area contributed by atoms with Gasteiger partial charge >= 0.3 is 0 Å². The molecule has 0 aliphatic carbocycles. The van der Waals surface area contributed by atoms with Crippen LogP contribution in [0, 0.1) is 5.92 Å². The van der Waals surface area contributed by atoms with E-state index < -0.39 is 0 Å². The van der Waals surface area contributed by atoms with Crippen molar-refractivity contribution in [2.45, 2.75) is 58.7 Å². The molecule has 0 amide bonds. The van der Waals surface area contributed by atoms with Gasteiger partial charge in [-0.25, -0.2) is 0 Å². The van der Waals surface area contributed by atoms with Gasteiger partial charge in [-0.05, 0) is 31.2 Å². The summed E-state index contributed by atoms with van der Waals surface area (Å²) in [4.78, 5) is 2.73. The van der Waals surface area contributed by atoms with Crippen molar-refractivity contribution in [3.8, 4) is 0 Å². The van der Waals surface area contributed by atoms with Crippen molar-refractivity contribution in [1.82, 2.24) is 10.2 Å². The van der Waals surface area contributed by atoms with Crippen molar-refractivity contribution in [3.05, 3.63) is 35.9 Å². The smallest absolute Gasteiger partial charge is 0.0236 e. The fourth-order valence-corrected chi connectivity index (χ4v) is 3.54. The normalized spacial score (nSPS) is 25.9. The second kappa shape index (κ2) is 7.24. The Kier molecular flexibility index (Phi) is 5.62. The molecule has 0 spiro atoms. The molecule has 3 atom stereocenters. The number of rotatable bonds is 5. The average Bonchev–Trinajstić information content (AvgIpc) is 2.44. The molecule has 3 unspecified atom stereocenters. The minimum atomic E-state index is 0.585. The Morgan fingerprint density at radius 2 is 1.95 bits per heavy atom. The predicted octanol–water partition coefficient (Wildman–Crippen LogP) is 3.33. The van der Waals surface area contributed by atoms with Gasteiger partial charge in [0.25, 0.3) is 0 Å². The van der Waals surface area contributed by atoms with Gasteiger partial charge in [0.1, 0.15) is 0 Å². The van der Waals surface area contributed by atoms with E-state index in [0.717, 1.165) is 18.9 Å². The van der Waals surface area contributed by atoms with E-state index in [4.69, 9.17) is 0 Å². The van der Waals surface area contributed by atoms with E-state index in [2.05, 4.69) is 68.2 Å². The van der Waals surface area contributed by atoms with Crippen molar-refractivity contribution in [1.29, 1.82) is 0 Å². The molecular weight excluding hydrogens is 244 g/mol. The first-order valence-electron chi connectivity index (χ1n) is 8.14. The third kappa shape index (κ3) is 3.83. The Morgan fingerprint density at radius 1 is 1.25 bits per heavy atom. The van der Waals surface area contributed by atoms with Gasteiger partial charge in [0.2, 0.25) is 0 Å². The highest BCUT2D eigenvalue weighted by Crippen LogP contribution is 2.21. The summed E-state index contributed by atoms with van der Waals surface area (Å²) in [6.07, 6.45) is 2.39. The topological polar surface area (TPSA) is 15.3 Å². The average molecular weight is 274 g/mol. The standard InChI is InChI=1S/C18H30N2/c1-5-18(14(2)3)20-13-17(19-12-15(20)4)11-16-9-7-6-8-10-16/h6-10,14-15,17-19H,5,11-13H2,1-4H3. The molecule has 2 rings (SSSR count). The van der Waals surface area contributed by atoms with Crippen LogP contribution >= 0.6 is 0 Å². The summed E-state index contributed by atoms with van der Waals surface area (Å²) in [5.41, 5.74) is 1.44. The molecule has 1 N–H and O–H groups in total. The molecule has 112 valence electrons. The number of nitrogens with zero attached hydrogens (tertiary/aromatic N) is 1. The van der Waals surface area contributed by atoms with E-state index in [0.29, 0.717) is 18.1 Å². The quantitative estimate of drug-likeness (QED) is 0.886. The van der Waals surface area contributed by atoms with E-state index >= 15 is 0 Å². The number of nitrogens with one attached hydrogen (secondary N) is 1. The monoisotopic (exact) mass is 274 g/mol. The summed E-state index contributed by atoms with van der Waals surface area (Å²) in [5.74, 6) is 0.734. The molecule has 0 saturated carbocycles. The molecule has 1 saturated heterocycles. The van der Waals surface area contributed by atoms with Crippen LogP contribution in [0.5, 0.6) is 0 Å². The second-order valence-electron chi connectivity index (χ2n) is 6.56. The number of hydrogen-bond donors (Lipinski definition) is 1. The van der Waals surface area contributed by atoms with Gasteiger partial charge in [-0.2, -0.15) is 0 Å². The van der Waals surface area contributed by atoms with Crippen LogP contribution in [0.2, 0.25) is 0 Å². The highest BCUT2D eigenvalue weighted by Gasteiger charge is 2.30. The molecule has 0 aromatic heterocycles. The zero-order valence-electron chi connectivity index (χ0n) is 13.5. The number of piperazine rings is 1. The van der Waals surface area contributed by atoms with E-state index in [1.165, 1.54) is 18.5 Å². The minimum absolute atomic E-state index is 0.585. The molecule has 2 nitrogen and oxygen atoms in total. The molecule has 1 aromatic rings. The lowest BCUT2D eigenvalue weighted by atomic mass is 9.94. The molecular formula is C18H30N2. The van der Waals surface area contributed by atoms with Crippen LogP contribution in [0.3, 0.4) is 0 Å². The van der Waals surface area contributed by atoms with Gasteiger partial charge in [-0.1, -0.05) is 51.1 Å². The number of hydrogen-bond acceptors (Lipinski definition) is 2. The summed E-state index contributed by atoms with van der Waals surface area (Å²) in [7, 11) is 0. The molecule has 1 aliphatic heterocycles. The van der Waals surface area contributed by atoms with Crippen LogP contribution in [-0.4, -0.2) is 36.1 Å². The zero-order valence-corrected chi connectivity index (χ0v) is 13.5. The summed E-state index contributed by atoms with van der Waals surface area (Å²) >= 11 is 0. The van der Waals surface area contributed by atoms with Crippen LogP contribution in [-0.2, 0) is 6.42 Å². The minimum Gasteiger partial charge on any atom is -0.311 e. The van der Waals surface area contributed by atoms with E-state index in [1.807, 2.05) is 0 Å². The highest BCUT2D eigenvalue weighted by molar-refractivity contribution is 5.16. The first kappa shape index (κ1) is 15.5. The lowest BCUT2D eigenvalue weighted by Crippen LogP contribution is -2.59.